The molecule has 3 rings (SSSR count). The van der Waals surface area contributed by atoms with E-state index < -0.39 is 15.9 Å². The molecule has 1 amide bonds. The summed E-state index contributed by atoms with van der Waals surface area (Å²) in [7, 11) is -4.00. The second kappa shape index (κ2) is 7.55. The number of thiophene rings is 1. The average Bonchev–Trinajstić information content (AvgIpc) is 3.14. The molecule has 2 N–H and O–H groups in total. The molecule has 27 heavy (non-hydrogen) atoms. The van der Waals surface area contributed by atoms with E-state index in [0.29, 0.717) is 9.90 Å². The van der Waals surface area contributed by atoms with Gasteiger partial charge >= 0.3 is 0 Å². The number of amidine groups is 1. The summed E-state index contributed by atoms with van der Waals surface area (Å²) in [5.74, 6) is -0.739. The molecule has 1 saturated heterocycles. The van der Waals surface area contributed by atoms with Gasteiger partial charge in [0.25, 0.3) is 15.9 Å². The molecule has 0 saturated carbocycles. The van der Waals surface area contributed by atoms with Crippen molar-refractivity contribution >= 4 is 61.9 Å². The molecular weight excluding hydrogens is 432 g/mol. The van der Waals surface area contributed by atoms with Crippen molar-refractivity contribution in [2.45, 2.75) is 11.1 Å². The molecule has 0 atom stereocenters. The number of halogens is 1. The molecule has 0 unspecified atom stereocenters. The maximum atomic E-state index is 12.6. The molecule has 7 nitrogen and oxygen atoms in total. The van der Waals surface area contributed by atoms with Crippen molar-refractivity contribution in [3.05, 3.63) is 45.1 Å². The number of phenols is 2. The van der Waals surface area contributed by atoms with Crippen molar-refractivity contribution in [2.75, 3.05) is 6.54 Å². The minimum atomic E-state index is -4.00. The van der Waals surface area contributed by atoms with E-state index in [1.54, 1.807) is 6.92 Å². The second-order valence-electron chi connectivity index (χ2n) is 5.31. The van der Waals surface area contributed by atoms with Crippen LogP contribution in [0.2, 0.25) is 4.34 Å². The standard InChI is InChI=1S/C16H13ClN2O5S3/c1-2-19-15(22)12(7-9-3-4-10(20)8-11(9)21)25-16(19)18-27(23,24)14-6-5-13(17)26-14/h3-8,20-21H,2H2,1H3. The van der Waals surface area contributed by atoms with Gasteiger partial charge in [-0.2, -0.15) is 8.42 Å². The number of phenolic OH excluding ortho intramolecular Hbond substituents is 2. The Morgan fingerprint density at radius 3 is 2.59 bits per heavy atom. The first kappa shape index (κ1) is 19.7. The highest BCUT2D eigenvalue weighted by Crippen LogP contribution is 2.36. The van der Waals surface area contributed by atoms with Gasteiger partial charge in [-0.1, -0.05) is 11.6 Å². The Morgan fingerprint density at radius 2 is 2.00 bits per heavy atom. The van der Waals surface area contributed by atoms with Crippen molar-refractivity contribution in [3.63, 3.8) is 0 Å². The monoisotopic (exact) mass is 444 g/mol. The van der Waals surface area contributed by atoms with E-state index in [1.165, 1.54) is 35.2 Å². The van der Waals surface area contributed by atoms with Crippen molar-refractivity contribution in [1.29, 1.82) is 0 Å². The number of carbonyl (C=O) groups excluding carboxylic acids is 1. The number of amides is 1. The van der Waals surface area contributed by atoms with Crippen LogP contribution in [0, 0.1) is 0 Å². The number of aromatic hydroxyl groups is 2. The van der Waals surface area contributed by atoms with Crippen molar-refractivity contribution < 1.29 is 23.4 Å². The molecule has 1 aromatic heterocycles. The fraction of sp³-hybridized carbons (Fsp3) is 0.125. The molecule has 0 bridgehead atoms. The van der Waals surface area contributed by atoms with Gasteiger partial charge in [0.1, 0.15) is 15.7 Å². The quantitative estimate of drug-likeness (QED) is 0.699. The molecule has 1 fully saturated rings. The summed E-state index contributed by atoms with van der Waals surface area (Å²) in [5, 5.41) is 19.3. The lowest BCUT2D eigenvalue weighted by molar-refractivity contribution is -0.122. The normalized spacial score (nSPS) is 18.0. The summed E-state index contributed by atoms with van der Waals surface area (Å²) in [4.78, 5) is 14.0. The van der Waals surface area contributed by atoms with Crippen LogP contribution in [0.1, 0.15) is 12.5 Å². The predicted octanol–water partition coefficient (Wildman–Crippen LogP) is 3.49. The number of hydrogen-bond acceptors (Lipinski definition) is 7. The molecule has 142 valence electrons. The van der Waals surface area contributed by atoms with Crippen LogP contribution in [0.4, 0.5) is 0 Å². The lowest BCUT2D eigenvalue weighted by atomic mass is 10.1. The van der Waals surface area contributed by atoms with Crippen LogP contribution in [0.3, 0.4) is 0 Å². The summed E-state index contributed by atoms with van der Waals surface area (Å²) in [6.45, 7) is 1.92. The molecule has 2 aromatic rings. The van der Waals surface area contributed by atoms with E-state index in [4.69, 9.17) is 11.6 Å². The first-order valence-electron chi connectivity index (χ1n) is 7.55. The summed E-state index contributed by atoms with van der Waals surface area (Å²) >= 11 is 7.56. The highest BCUT2D eigenvalue weighted by Gasteiger charge is 2.34. The molecule has 1 aliphatic heterocycles. The Bertz CT molecular complexity index is 1080. The zero-order chi connectivity index (χ0) is 19.8. The van der Waals surface area contributed by atoms with Crippen LogP contribution in [0.25, 0.3) is 6.08 Å². The van der Waals surface area contributed by atoms with E-state index in [0.717, 1.165) is 29.2 Å². The number of hydrogen-bond donors (Lipinski definition) is 2. The van der Waals surface area contributed by atoms with Gasteiger partial charge in [-0.05, 0) is 49.0 Å². The third-order valence-electron chi connectivity index (χ3n) is 3.51. The fourth-order valence-electron chi connectivity index (χ4n) is 2.23. The van der Waals surface area contributed by atoms with E-state index >= 15 is 0 Å². The minimum absolute atomic E-state index is 0.0160. The molecule has 0 aliphatic carbocycles. The van der Waals surface area contributed by atoms with E-state index in [1.807, 2.05) is 0 Å². The third kappa shape index (κ3) is 4.13. The number of benzene rings is 1. The average molecular weight is 445 g/mol. The zero-order valence-electron chi connectivity index (χ0n) is 13.8. The summed E-state index contributed by atoms with van der Waals surface area (Å²) in [6, 6.07) is 6.78. The number of thioether (sulfide) groups is 1. The Labute approximate surface area is 168 Å². The van der Waals surface area contributed by atoms with Crippen LogP contribution < -0.4 is 0 Å². The van der Waals surface area contributed by atoms with Gasteiger partial charge in [0.2, 0.25) is 0 Å². The van der Waals surface area contributed by atoms with Gasteiger partial charge in [0.15, 0.2) is 5.17 Å². The number of likely N-dealkylation sites (N-methyl/N-ethyl adjacent to an activating group) is 1. The molecule has 1 aromatic carbocycles. The van der Waals surface area contributed by atoms with Gasteiger partial charge in [-0.15, -0.1) is 15.7 Å². The number of carbonyl (C=O) groups is 1. The predicted molar refractivity (Wildman–Crippen MR) is 107 cm³/mol. The van der Waals surface area contributed by atoms with Crippen molar-refractivity contribution in [2.24, 2.45) is 4.40 Å². The maximum absolute atomic E-state index is 12.6. The van der Waals surface area contributed by atoms with Gasteiger partial charge < -0.3 is 10.2 Å². The lowest BCUT2D eigenvalue weighted by Gasteiger charge is -2.11. The molecule has 11 heteroatoms. The molecule has 0 radical (unpaired) electrons. The molecule has 0 spiro atoms. The smallest absolute Gasteiger partial charge is 0.294 e. The summed E-state index contributed by atoms with van der Waals surface area (Å²) in [5.41, 5.74) is 0.314. The van der Waals surface area contributed by atoms with E-state index in [-0.39, 0.29) is 32.3 Å². The SMILES string of the molecule is CCN1C(=O)C(=Cc2ccc(O)cc2O)SC1=NS(=O)(=O)c1ccc(Cl)s1. The fourth-order valence-corrected chi connectivity index (χ4v) is 5.93. The number of rotatable bonds is 4. The Morgan fingerprint density at radius 1 is 1.26 bits per heavy atom. The minimum Gasteiger partial charge on any atom is -0.508 e. The number of sulfonamides is 1. The van der Waals surface area contributed by atoms with Gasteiger partial charge in [-0.3, -0.25) is 9.69 Å². The largest absolute Gasteiger partial charge is 0.508 e. The summed E-state index contributed by atoms with van der Waals surface area (Å²) < 4.78 is 29.0. The second-order valence-corrected chi connectivity index (χ2v) is 9.87. The van der Waals surface area contributed by atoms with E-state index in [9.17, 15) is 23.4 Å². The first-order valence-corrected chi connectivity index (χ1v) is 11.0. The van der Waals surface area contributed by atoms with Crippen molar-refractivity contribution in [3.8, 4) is 11.5 Å². The van der Waals surface area contributed by atoms with Crippen LogP contribution in [0.5, 0.6) is 11.5 Å². The first-order chi connectivity index (χ1) is 12.7. The van der Waals surface area contributed by atoms with E-state index in [2.05, 4.69) is 4.40 Å². The van der Waals surface area contributed by atoms with Crippen LogP contribution in [-0.2, 0) is 14.8 Å². The zero-order valence-corrected chi connectivity index (χ0v) is 17.0. The van der Waals surface area contributed by atoms with Gasteiger partial charge in [-0.25, -0.2) is 0 Å². The Balaban J connectivity index is 1.98. The van der Waals surface area contributed by atoms with Gasteiger partial charge in [0.05, 0.1) is 9.24 Å². The van der Waals surface area contributed by atoms with Gasteiger partial charge in [0, 0.05) is 18.2 Å². The molecule has 1 aliphatic rings. The molecule has 2 heterocycles. The Kier molecular flexibility index (Phi) is 5.52. The van der Waals surface area contributed by atoms with Crippen LogP contribution in [-0.4, -0.2) is 41.2 Å². The van der Waals surface area contributed by atoms with Crippen LogP contribution in [0.15, 0.2) is 43.8 Å². The lowest BCUT2D eigenvalue weighted by Crippen LogP contribution is -2.29. The highest BCUT2D eigenvalue weighted by atomic mass is 35.5. The third-order valence-corrected chi connectivity index (χ3v) is 7.59. The van der Waals surface area contributed by atoms with Crippen molar-refractivity contribution in [1.82, 2.24) is 4.90 Å². The summed E-state index contributed by atoms with van der Waals surface area (Å²) in [6.07, 6.45) is 1.42. The molecular formula is C16H13ClN2O5S3. The Hall–Kier alpha value is -2.01. The highest BCUT2D eigenvalue weighted by molar-refractivity contribution is 8.19. The maximum Gasteiger partial charge on any atom is 0.294 e. The topological polar surface area (TPSA) is 107 Å². The van der Waals surface area contributed by atoms with Crippen LogP contribution >= 0.6 is 34.7 Å². The number of nitrogens with zero attached hydrogens (tertiary/aromatic N) is 2.